The van der Waals surface area contributed by atoms with Crippen LogP contribution in [0.1, 0.15) is 0 Å². The predicted octanol–water partition coefficient (Wildman–Crippen LogP) is 1.11. The van der Waals surface area contributed by atoms with Crippen LogP contribution < -0.4 is 4.90 Å². The smallest absolute Gasteiger partial charge is 0.262 e. The van der Waals surface area contributed by atoms with Crippen molar-refractivity contribution >= 4 is 35.1 Å². The Morgan fingerprint density at radius 3 is 2.00 bits per heavy atom. The van der Waals surface area contributed by atoms with Gasteiger partial charge in [0.1, 0.15) is 0 Å². The minimum Gasteiger partial charge on any atom is -0.262 e. The van der Waals surface area contributed by atoms with Gasteiger partial charge in [-0.25, -0.2) is 14.7 Å². The Morgan fingerprint density at radius 1 is 1.00 bits per heavy atom. The summed E-state index contributed by atoms with van der Waals surface area (Å²) in [6, 6.07) is 5.40. The van der Waals surface area contributed by atoms with Crippen LogP contribution in [-0.2, 0) is 9.59 Å². The quantitative estimate of drug-likeness (QED) is 0.595. The van der Waals surface area contributed by atoms with Crippen LogP contribution in [0.5, 0.6) is 0 Å². The van der Waals surface area contributed by atoms with E-state index < -0.39 is 17.8 Å². The van der Waals surface area contributed by atoms with Crippen molar-refractivity contribution in [2.45, 2.75) is 0 Å². The van der Waals surface area contributed by atoms with Crippen molar-refractivity contribution in [2.75, 3.05) is 19.0 Å². The number of imide groups is 2. The summed E-state index contributed by atoms with van der Waals surface area (Å²) in [5.41, 5.74) is 0.312. The summed E-state index contributed by atoms with van der Waals surface area (Å²) >= 11 is 5.72. The third-order valence-corrected chi connectivity index (χ3v) is 2.69. The summed E-state index contributed by atoms with van der Waals surface area (Å²) < 4.78 is 0. The fourth-order valence-electron chi connectivity index (χ4n) is 1.63. The zero-order valence-corrected chi connectivity index (χ0v) is 10.5. The first-order valence-electron chi connectivity index (χ1n) is 5.09. The number of hydrazine groups is 1. The summed E-state index contributed by atoms with van der Waals surface area (Å²) in [5, 5.41) is 2.52. The fraction of sp³-hybridized carbons (Fsp3) is 0.182. The van der Waals surface area contributed by atoms with Crippen LogP contribution in [0.4, 0.5) is 10.5 Å². The van der Waals surface area contributed by atoms with Crippen molar-refractivity contribution in [3.8, 4) is 0 Å². The molecular formula is C11H10ClN3O3. The van der Waals surface area contributed by atoms with E-state index in [1.807, 2.05) is 0 Å². The van der Waals surface area contributed by atoms with Gasteiger partial charge in [0.05, 0.1) is 5.69 Å². The van der Waals surface area contributed by atoms with Crippen molar-refractivity contribution in [1.82, 2.24) is 10.0 Å². The molecule has 1 saturated heterocycles. The molecule has 0 aromatic heterocycles. The number of nitrogens with zero attached hydrogens (tertiary/aromatic N) is 3. The van der Waals surface area contributed by atoms with Crippen LogP contribution in [0.2, 0.25) is 5.02 Å². The first-order chi connectivity index (χ1) is 8.43. The Morgan fingerprint density at radius 2 is 1.56 bits per heavy atom. The Hall–Kier alpha value is -1.92. The fourth-order valence-corrected chi connectivity index (χ4v) is 1.75. The van der Waals surface area contributed by atoms with E-state index in [0.717, 1.165) is 9.91 Å². The molecule has 0 unspecified atom stereocenters. The Labute approximate surface area is 108 Å². The lowest BCUT2D eigenvalue weighted by molar-refractivity contribution is -0.145. The molecule has 0 saturated carbocycles. The van der Waals surface area contributed by atoms with Crippen LogP contribution in [0.25, 0.3) is 0 Å². The molecule has 0 spiro atoms. The topological polar surface area (TPSA) is 60.9 Å². The highest BCUT2D eigenvalue weighted by atomic mass is 35.5. The molecule has 1 heterocycles. The van der Waals surface area contributed by atoms with Gasteiger partial charge in [-0.1, -0.05) is 11.6 Å². The number of halogens is 1. The highest BCUT2D eigenvalue weighted by molar-refractivity contribution is 6.52. The van der Waals surface area contributed by atoms with Gasteiger partial charge in [0.25, 0.3) is 0 Å². The second kappa shape index (κ2) is 4.40. The van der Waals surface area contributed by atoms with Gasteiger partial charge in [0.2, 0.25) is 0 Å². The summed E-state index contributed by atoms with van der Waals surface area (Å²) in [6.45, 7) is 0. The number of urea groups is 1. The maximum atomic E-state index is 12.0. The second-order valence-corrected chi connectivity index (χ2v) is 4.30. The van der Waals surface area contributed by atoms with Gasteiger partial charge in [-0.2, -0.15) is 5.01 Å². The van der Waals surface area contributed by atoms with E-state index in [1.54, 1.807) is 12.1 Å². The van der Waals surface area contributed by atoms with E-state index in [-0.39, 0.29) is 0 Å². The zero-order chi connectivity index (χ0) is 13.4. The predicted molar refractivity (Wildman–Crippen MR) is 64.9 cm³/mol. The average Bonchev–Trinajstić information content (AvgIpc) is 2.52. The molecule has 6 nitrogen and oxygen atoms in total. The lowest BCUT2D eigenvalue weighted by atomic mass is 10.3. The van der Waals surface area contributed by atoms with E-state index in [2.05, 4.69) is 0 Å². The molecule has 1 aromatic rings. The van der Waals surface area contributed by atoms with Gasteiger partial charge in [0, 0.05) is 19.1 Å². The summed E-state index contributed by atoms with van der Waals surface area (Å²) in [7, 11) is 3.02. The maximum Gasteiger partial charge on any atom is 0.353 e. The third kappa shape index (κ3) is 1.85. The molecule has 94 valence electrons. The number of benzene rings is 1. The van der Waals surface area contributed by atoms with Gasteiger partial charge in [0.15, 0.2) is 0 Å². The molecule has 1 fully saturated rings. The molecule has 0 bridgehead atoms. The number of carbonyl (C=O) groups is 3. The van der Waals surface area contributed by atoms with Crippen molar-refractivity contribution in [2.24, 2.45) is 0 Å². The molecule has 0 N–H and O–H groups in total. The van der Waals surface area contributed by atoms with Crippen LogP contribution in [0.15, 0.2) is 24.3 Å². The first kappa shape index (κ1) is 12.5. The molecular weight excluding hydrogens is 258 g/mol. The first-order valence-corrected chi connectivity index (χ1v) is 5.46. The van der Waals surface area contributed by atoms with Crippen molar-refractivity contribution in [1.29, 1.82) is 0 Å². The Bertz CT molecular complexity index is 527. The van der Waals surface area contributed by atoms with Crippen molar-refractivity contribution < 1.29 is 14.4 Å². The maximum absolute atomic E-state index is 12.0. The number of hydrogen-bond donors (Lipinski definition) is 0. The molecule has 2 rings (SSSR count). The van der Waals surface area contributed by atoms with Crippen LogP contribution in [-0.4, -0.2) is 42.0 Å². The molecule has 1 aliphatic rings. The molecule has 7 heteroatoms. The van der Waals surface area contributed by atoms with E-state index in [1.165, 1.54) is 31.2 Å². The van der Waals surface area contributed by atoms with Gasteiger partial charge in [-0.15, -0.1) is 0 Å². The molecule has 1 aromatic carbocycles. The van der Waals surface area contributed by atoms with Gasteiger partial charge >= 0.3 is 17.8 Å². The minimum atomic E-state index is -0.879. The van der Waals surface area contributed by atoms with Crippen LogP contribution >= 0.6 is 11.6 Å². The molecule has 4 amide bonds. The van der Waals surface area contributed by atoms with Gasteiger partial charge < -0.3 is 0 Å². The zero-order valence-electron chi connectivity index (χ0n) is 9.75. The van der Waals surface area contributed by atoms with Crippen LogP contribution in [0, 0.1) is 0 Å². The Balaban J connectivity index is 2.40. The standard InChI is InChI=1S/C11H10ClN3O3/c1-13(2)15-10(17)9(16)14(11(15)18)8-5-3-7(12)4-6-8/h3-6H,1-2H3. The van der Waals surface area contributed by atoms with Gasteiger partial charge in [-0.3, -0.25) is 9.59 Å². The number of rotatable bonds is 2. The van der Waals surface area contributed by atoms with Crippen molar-refractivity contribution in [3.05, 3.63) is 29.3 Å². The highest BCUT2D eigenvalue weighted by Gasteiger charge is 2.46. The van der Waals surface area contributed by atoms with E-state index in [4.69, 9.17) is 11.6 Å². The number of hydrogen-bond acceptors (Lipinski definition) is 4. The van der Waals surface area contributed by atoms with E-state index in [0.29, 0.717) is 10.7 Å². The summed E-state index contributed by atoms with van der Waals surface area (Å²) in [5.74, 6) is -1.75. The normalized spacial score (nSPS) is 16.1. The molecule has 0 aliphatic carbocycles. The van der Waals surface area contributed by atoms with Crippen molar-refractivity contribution in [3.63, 3.8) is 0 Å². The molecule has 18 heavy (non-hydrogen) atoms. The molecule has 1 aliphatic heterocycles. The second-order valence-electron chi connectivity index (χ2n) is 3.86. The Kier molecular flexibility index (Phi) is 3.06. The van der Waals surface area contributed by atoms with Crippen LogP contribution in [0.3, 0.4) is 0 Å². The number of carbonyl (C=O) groups excluding carboxylic acids is 3. The SMILES string of the molecule is CN(C)N1C(=O)C(=O)N(c2ccc(Cl)cc2)C1=O. The minimum absolute atomic E-state index is 0.312. The van der Waals surface area contributed by atoms with E-state index in [9.17, 15) is 14.4 Å². The highest BCUT2D eigenvalue weighted by Crippen LogP contribution is 2.24. The largest absolute Gasteiger partial charge is 0.353 e. The van der Waals surface area contributed by atoms with E-state index >= 15 is 0 Å². The monoisotopic (exact) mass is 267 g/mol. The number of amides is 4. The summed E-state index contributed by atoms with van der Waals surface area (Å²) in [4.78, 5) is 36.2. The number of anilines is 1. The lowest BCUT2D eigenvalue weighted by Crippen LogP contribution is -2.42. The molecule has 0 radical (unpaired) electrons. The lowest BCUT2D eigenvalue weighted by Gasteiger charge is -2.20. The third-order valence-electron chi connectivity index (χ3n) is 2.44. The average molecular weight is 268 g/mol. The summed E-state index contributed by atoms with van der Waals surface area (Å²) in [6.07, 6.45) is 0. The van der Waals surface area contributed by atoms with Gasteiger partial charge in [-0.05, 0) is 24.3 Å². The molecule has 0 atom stereocenters.